The number of thiazole rings is 1. The van der Waals surface area contributed by atoms with Crippen LogP contribution in [0.1, 0.15) is 34.7 Å². The van der Waals surface area contributed by atoms with E-state index in [-0.39, 0.29) is 13.0 Å². The zero-order valence-electron chi connectivity index (χ0n) is 14.3. The number of aryl methyl sites for hydroxylation is 1. The summed E-state index contributed by atoms with van der Waals surface area (Å²) in [5.41, 5.74) is -5.14. The molecule has 1 unspecified atom stereocenters. The van der Waals surface area contributed by atoms with E-state index in [1.54, 1.807) is 26.1 Å². The van der Waals surface area contributed by atoms with E-state index in [2.05, 4.69) is 9.17 Å². The van der Waals surface area contributed by atoms with Crippen molar-refractivity contribution >= 4 is 27.4 Å². The first-order chi connectivity index (χ1) is 12.5. The van der Waals surface area contributed by atoms with Crippen LogP contribution in [0.15, 0.2) is 30.5 Å². The van der Waals surface area contributed by atoms with Crippen LogP contribution in [0.2, 0.25) is 0 Å². The largest absolute Gasteiger partial charge is 0.534 e. The quantitative estimate of drug-likeness (QED) is 0.383. The zero-order chi connectivity index (χ0) is 20.2. The first kappa shape index (κ1) is 21.2. The summed E-state index contributed by atoms with van der Waals surface area (Å²) in [6, 6.07) is 5.16. The number of alkyl halides is 3. The molecule has 148 valence electrons. The van der Waals surface area contributed by atoms with Crippen LogP contribution in [-0.2, 0) is 19.6 Å². The fourth-order valence-electron chi connectivity index (χ4n) is 2.27. The highest BCUT2D eigenvalue weighted by atomic mass is 32.2. The summed E-state index contributed by atoms with van der Waals surface area (Å²) in [4.78, 5) is 16.8. The van der Waals surface area contributed by atoms with E-state index in [0.717, 1.165) is 17.1 Å². The van der Waals surface area contributed by atoms with Crippen LogP contribution in [0, 0.1) is 6.92 Å². The van der Waals surface area contributed by atoms with Crippen molar-refractivity contribution in [3.8, 4) is 5.75 Å². The molecule has 11 heteroatoms. The van der Waals surface area contributed by atoms with Crippen molar-refractivity contribution in [2.24, 2.45) is 0 Å². The number of hydrogen-bond donors (Lipinski definition) is 0. The standard InChI is InChI=1S/C16H16F3NO5S2/c1-3-24-15(21)8-13(14-9-20-10(2)26-14)11-5-4-6-12(7-11)25-27(22,23)16(17,18)19/h4-7,9,13H,3,8H2,1-2H3. The van der Waals surface area contributed by atoms with Crippen LogP contribution in [-0.4, -0.2) is 31.5 Å². The topological polar surface area (TPSA) is 82.6 Å². The Morgan fingerprint density at radius 2 is 2.04 bits per heavy atom. The van der Waals surface area contributed by atoms with Gasteiger partial charge < -0.3 is 8.92 Å². The van der Waals surface area contributed by atoms with Gasteiger partial charge in [-0.25, -0.2) is 4.98 Å². The van der Waals surface area contributed by atoms with Gasteiger partial charge in [-0.05, 0) is 31.5 Å². The monoisotopic (exact) mass is 423 g/mol. The third kappa shape index (κ3) is 5.42. The number of esters is 1. The van der Waals surface area contributed by atoms with Crippen molar-refractivity contribution < 1.29 is 35.3 Å². The Morgan fingerprint density at radius 1 is 1.33 bits per heavy atom. The Morgan fingerprint density at radius 3 is 2.59 bits per heavy atom. The Hall–Kier alpha value is -2.14. The second-order valence-corrected chi connectivity index (χ2v) is 8.20. The normalized spacial score (nSPS) is 13.2. The van der Waals surface area contributed by atoms with Gasteiger partial charge in [-0.3, -0.25) is 4.79 Å². The Kier molecular flexibility index (Phi) is 6.47. The minimum Gasteiger partial charge on any atom is -0.466 e. The molecule has 0 saturated carbocycles. The maximum absolute atomic E-state index is 12.5. The molecule has 0 radical (unpaired) electrons. The summed E-state index contributed by atoms with van der Waals surface area (Å²) >= 11 is 1.32. The molecule has 27 heavy (non-hydrogen) atoms. The lowest BCUT2D eigenvalue weighted by Gasteiger charge is -2.16. The van der Waals surface area contributed by atoms with Gasteiger partial charge in [-0.15, -0.1) is 11.3 Å². The van der Waals surface area contributed by atoms with Gasteiger partial charge >= 0.3 is 21.6 Å². The van der Waals surface area contributed by atoms with Gasteiger partial charge in [0.1, 0.15) is 5.75 Å². The Labute approximate surface area is 158 Å². The molecule has 1 aromatic heterocycles. The molecular formula is C16H16F3NO5S2. The molecule has 0 saturated heterocycles. The summed E-state index contributed by atoms with van der Waals surface area (Å²) < 4.78 is 69.1. The van der Waals surface area contributed by atoms with Gasteiger partial charge in [-0.1, -0.05) is 12.1 Å². The molecule has 1 atom stereocenters. The van der Waals surface area contributed by atoms with Gasteiger partial charge in [0.25, 0.3) is 0 Å². The number of halogens is 3. The van der Waals surface area contributed by atoms with Gasteiger partial charge in [0.2, 0.25) is 0 Å². The maximum Gasteiger partial charge on any atom is 0.534 e. The number of nitrogens with zero attached hydrogens (tertiary/aromatic N) is 1. The molecule has 0 N–H and O–H groups in total. The number of carbonyl (C=O) groups is 1. The van der Waals surface area contributed by atoms with Crippen molar-refractivity contribution in [3.05, 3.63) is 45.9 Å². The number of rotatable bonds is 7. The van der Waals surface area contributed by atoms with Gasteiger partial charge in [-0.2, -0.15) is 21.6 Å². The van der Waals surface area contributed by atoms with Crippen molar-refractivity contribution in [2.45, 2.75) is 31.7 Å². The van der Waals surface area contributed by atoms with Crippen molar-refractivity contribution in [2.75, 3.05) is 6.61 Å². The van der Waals surface area contributed by atoms with E-state index in [1.165, 1.54) is 17.4 Å². The summed E-state index contributed by atoms with van der Waals surface area (Å²) in [7, 11) is -5.79. The number of ether oxygens (including phenoxy) is 1. The molecule has 0 spiro atoms. The third-order valence-corrected chi connectivity index (χ3v) is 5.41. The van der Waals surface area contributed by atoms with Crippen LogP contribution in [0.3, 0.4) is 0 Å². The smallest absolute Gasteiger partial charge is 0.466 e. The summed E-state index contributed by atoms with van der Waals surface area (Å²) in [6.45, 7) is 3.60. The van der Waals surface area contributed by atoms with Crippen LogP contribution < -0.4 is 4.18 Å². The first-order valence-electron chi connectivity index (χ1n) is 7.72. The Balaban J connectivity index is 2.37. The molecule has 2 rings (SSSR count). The lowest BCUT2D eigenvalue weighted by molar-refractivity contribution is -0.143. The third-order valence-electron chi connectivity index (χ3n) is 3.41. The van der Waals surface area contributed by atoms with Crippen molar-refractivity contribution in [1.82, 2.24) is 4.98 Å². The molecule has 6 nitrogen and oxygen atoms in total. The maximum atomic E-state index is 12.5. The highest BCUT2D eigenvalue weighted by molar-refractivity contribution is 7.88. The molecule has 0 aliphatic heterocycles. The lowest BCUT2D eigenvalue weighted by Crippen LogP contribution is -2.28. The van der Waals surface area contributed by atoms with Crippen molar-refractivity contribution in [1.29, 1.82) is 0 Å². The summed E-state index contributed by atoms with van der Waals surface area (Å²) in [6.07, 6.45) is 1.48. The zero-order valence-corrected chi connectivity index (χ0v) is 16.0. The average Bonchev–Trinajstić information content (AvgIpc) is 2.98. The van der Waals surface area contributed by atoms with E-state index in [1.807, 2.05) is 0 Å². The fourth-order valence-corrected chi connectivity index (χ4v) is 3.63. The fraction of sp³-hybridized carbons (Fsp3) is 0.375. The summed E-state index contributed by atoms with van der Waals surface area (Å²) in [5, 5.41) is 0.742. The Bertz CT molecular complexity index is 909. The predicted octanol–water partition coefficient (Wildman–Crippen LogP) is 3.77. The van der Waals surface area contributed by atoms with E-state index in [4.69, 9.17) is 4.74 Å². The second kappa shape index (κ2) is 8.26. The van der Waals surface area contributed by atoms with E-state index in [0.29, 0.717) is 10.4 Å². The highest BCUT2D eigenvalue weighted by Crippen LogP contribution is 2.35. The molecule has 0 aliphatic carbocycles. The molecule has 0 fully saturated rings. The van der Waals surface area contributed by atoms with Crippen molar-refractivity contribution in [3.63, 3.8) is 0 Å². The van der Waals surface area contributed by atoms with E-state index in [9.17, 15) is 26.4 Å². The predicted molar refractivity (Wildman–Crippen MR) is 92.0 cm³/mol. The number of hydrogen-bond acceptors (Lipinski definition) is 7. The van der Waals surface area contributed by atoms with Gasteiger partial charge in [0, 0.05) is 17.0 Å². The van der Waals surface area contributed by atoms with Crippen LogP contribution >= 0.6 is 11.3 Å². The van der Waals surface area contributed by atoms with Gasteiger partial charge in [0.15, 0.2) is 0 Å². The SMILES string of the molecule is CCOC(=O)CC(c1cccc(OS(=O)(=O)C(F)(F)F)c1)c1cnc(C)s1. The number of benzene rings is 1. The molecular weight excluding hydrogens is 407 g/mol. The summed E-state index contributed by atoms with van der Waals surface area (Å²) in [5.74, 6) is -1.56. The number of carbonyl (C=O) groups excluding carboxylic acids is 1. The highest BCUT2D eigenvalue weighted by Gasteiger charge is 2.48. The molecule has 1 heterocycles. The molecule has 2 aromatic rings. The van der Waals surface area contributed by atoms with Crippen LogP contribution in [0.25, 0.3) is 0 Å². The molecule has 0 amide bonds. The average molecular weight is 423 g/mol. The van der Waals surface area contributed by atoms with E-state index >= 15 is 0 Å². The number of aromatic nitrogens is 1. The van der Waals surface area contributed by atoms with Crippen LogP contribution in [0.5, 0.6) is 5.75 Å². The second-order valence-electron chi connectivity index (χ2n) is 5.40. The minimum absolute atomic E-state index is 0.0784. The molecule has 0 aliphatic rings. The van der Waals surface area contributed by atoms with Crippen LogP contribution in [0.4, 0.5) is 13.2 Å². The minimum atomic E-state index is -5.79. The van der Waals surface area contributed by atoms with E-state index < -0.39 is 33.3 Å². The molecule has 0 bridgehead atoms. The lowest BCUT2D eigenvalue weighted by atomic mass is 9.94. The first-order valence-corrected chi connectivity index (χ1v) is 9.94. The molecule has 1 aromatic carbocycles. The van der Waals surface area contributed by atoms with Gasteiger partial charge in [0.05, 0.1) is 18.0 Å².